The molecular weight excluding hydrogens is 432 g/mol. The van der Waals surface area contributed by atoms with Gasteiger partial charge < -0.3 is 5.32 Å². The molecule has 1 amide bonds. The highest BCUT2D eigenvalue weighted by atomic mass is 32.2. The highest BCUT2D eigenvalue weighted by Gasteiger charge is 2.24. The van der Waals surface area contributed by atoms with Crippen LogP contribution in [0.3, 0.4) is 0 Å². The Hall–Kier alpha value is -3.51. The van der Waals surface area contributed by atoms with Crippen molar-refractivity contribution in [1.29, 1.82) is 0 Å². The Kier molecular flexibility index (Phi) is 6.84. The number of fused-ring (bicyclic) bond motifs is 1. The van der Waals surface area contributed by atoms with Gasteiger partial charge in [-0.2, -0.15) is 0 Å². The van der Waals surface area contributed by atoms with E-state index < -0.39 is 9.84 Å². The summed E-state index contributed by atoms with van der Waals surface area (Å²) in [5, 5.41) is 3.65. The van der Waals surface area contributed by atoms with E-state index in [0.29, 0.717) is 34.3 Å². The fourth-order valence-corrected chi connectivity index (χ4v) is 4.78. The Morgan fingerprint density at radius 1 is 0.879 bits per heavy atom. The van der Waals surface area contributed by atoms with Crippen molar-refractivity contribution in [3.8, 4) is 11.3 Å². The number of rotatable bonds is 8. The van der Waals surface area contributed by atoms with Crippen LogP contribution in [-0.4, -0.2) is 32.1 Å². The van der Waals surface area contributed by atoms with Crippen LogP contribution in [0.1, 0.15) is 27.9 Å². The lowest BCUT2D eigenvalue weighted by atomic mass is 9.97. The number of pyridine rings is 1. The molecule has 0 unspecified atom stereocenters. The molecule has 33 heavy (non-hydrogen) atoms. The molecule has 0 fully saturated rings. The van der Waals surface area contributed by atoms with Gasteiger partial charge >= 0.3 is 0 Å². The van der Waals surface area contributed by atoms with Gasteiger partial charge in [0.15, 0.2) is 9.84 Å². The molecule has 0 radical (unpaired) electrons. The van der Waals surface area contributed by atoms with Crippen molar-refractivity contribution < 1.29 is 13.2 Å². The Labute approximate surface area is 194 Å². The van der Waals surface area contributed by atoms with Gasteiger partial charge in [-0.1, -0.05) is 78.9 Å². The summed E-state index contributed by atoms with van der Waals surface area (Å²) >= 11 is 0. The van der Waals surface area contributed by atoms with Crippen molar-refractivity contribution in [1.82, 2.24) is 10.3 Å². The number of hydrogen-bond donors (Lipinski definition) is 1. The number of carbonyl (C=O) groups is 1. The predicted octanol–water partition coefficient (Wildman–Crippen LogP) is 4.81. The summed E-state index contributed by atoms with van der Waals surface area (Å²) in [6.07, 6.45) is 2.81. The lowest BCUT2D eigenvalue weighted by Gasteiger charge is -2.17. The molecule has 0 aliphatic rings. The summed E-state index contributed by atoms with van der Waals surface area (Å²) in [6, 6.07) is 26.9. The fraction of sp³-hybridized carbons (Fsp3) is 0.185. The molecule has 0 bridgehead atoms. The maximum absolute atomic E-state index is 13.4. The number of carbonyl (C=O) groups excluding carboxylic acids is 1. The maximum atomic E-state index is 13.4. The van der Waals surface area contributed by atoms with Crippen molar-refractivity contribution in [3.05, 3.63) is 102 Å². The number of aryl methyl sites for hydroxylation is 1. The van der Waals surface area contributed by atoms with Crippen LogP contribution in [0, 0.1) is 0 Å². The molecule has 4 rings (SSSR count). The molecule has 0 saturated carbocycles. The molecule has 6 heteroatoms. The monoisotopic (exact) mass is 458 g/mol. The van der Waals surface area contributed by atoms with Gasteiger partial charge in [-0.25, -0.2) is 13.4 Å². The van der Waals surface area contributed by atoms with E-state index in [1.165, 1.54) is 11.8 Å². The number of nitrogens with zero attached hydrogens (tertiary/aromatic N) is 1. The molecular formula is C27H26N2O3S. The first-order valence-corrected chi connectivity index (χ1v) is 13.0. The molecule has 168 valence electrons. The summed E-state index contributed by atoms with van der Waals surface area (Å²) in [5.41, 5.74) is 3.98. The Bertz CT molecular complexity index is 1370. The Morgan fingerprint density at radius 2 is 1.52 bits per heavy atom. The van der Waals surface area contributed by atoms with Crippen LogP contribution in [0.4, 0.5) is 0 Å². The third-order valence-corrected chi connectivity index (χ3v) is 6.26. The minimum Gasteiger partial charge on any atom is -0.352 e. The summed E-state index contributed by atoms with van der Waals surface area (Å²) in [4.78, 5) is 18.2. The highest BCUT2D eigenvalue weighted by Crippen LogP contribution is 2.31. The minimum atomic E-state index is -3.41. The fourth-order valence-electron chi connectivity index (χ4n) is 3.98. The standard InChI is InChI=1S/C27H26N2O3S/c1-33(31,32)19-23-25(27(30)28-18-10-13-20-11-4-2-5-12-20)22-16-8-9-17-24(22)29-26(23)21-14-6-3-7-15-21/h2-9,11-12,14-17H,10,13,18-19H2,1H3,(H,28,30). The third-order valence-electron chi connectivity index (χ3n) is 5.44. The molecule has 0 aliphatic heterocycles. The first-order valence-electron chi connectivity index (χ1n) is 10.9. The smallest absolute Gasteiger partial charge is 0.252 e. The van der Waals surface area contributed by atoms with Gasteiger partial charge in [0.25, 0.3) is 5.91 Å². The summed E-state index contributed by atoms with van der Waals surface area (Å²) in [7, 11) is -3.41. The van der Waals surface area contributed by atoms with Crippen molar-refractivity contribution in [2.24, 2.45) is 0 Å². The lowest BCUT2D eigenvalue weighted by Crippen LogP contribution is -2.27. The molecule has 3 aromatic carbocycles. The summed E-state index contributed by atoms with van der Waals surface area (Å²) in [6.45, 7) is 0.489. The van der Waals surface area contributed by atoms with Crippen LogP contribution in [0.15, 0.2) is 84.9 Å². The summed E-state index contributed by atoms with van der Waals surface area (Å²) < 4.78 is 24.7. The number of amides is 1. The highest BCUT2D eigenvalue weighted by molar-refractivity contribution is 7.89. The van der Waals surface area contributed by atoms with E-state index in [-0.39, 0.29) is 11.7 Å². The maximum Gasteiger partial charge on any atom is 0.252 e. The minimum absolute atomic E-state index is 0.262. The molecule has 5 nitrogen and oxygen atoms in total. The number of benzene rings is 3. The first-order chi connectivity index (χ1) is 15.9. The van der Waals surface area contributed by atoms with E-state index in [2.05, 4.69) is 17.4 Å². The number of hydrogen-bond acceptors (Lipinski definition) is 4. The van der Waals surface area contributed by atoms with Crippen molar-refractivity contribution in [3.63, 3.8) is 0 Å². The SMILES string of the molecule is CS(=O)(=O)Cc1c(-c2ccccc2)nc2ccccc2c1C(=O)NCCCc1ccccc1. The average molecular weight is 459 g/mol. The zero-order chi connectivity index (χ0) is 23.3. The van der Waals surface area contributed by atoms with Gasteiger partial charge in [0.2, 0.25) is 0 Å². The van der Waals surface area contributed by atoms with E-state index in [1.54, 1.807) is 0 Å². The van der Waals surface area contributed by atoms with Crippen LogP contribution < -0.4 is 5.32 Å². The van der Waals surface area contributed by atoms with E-state index in [9.17, 15) is 13.2 Å². The second-order valence-corrected chi connectivity index (χ2v) is 10.3. The molecule has 0 spiro atoms. The number of aromatic nitrogens is 1. The van der Waals surface area contributed by atoms with Gasteiger partial charge in [-0.3, -0.25) is 4.79 Å². The molecule has 1 heterocycles. The van der Waals surface area contributed by atoms with Crippen LogP contribution in [0.2, 0.25) is 0 Å². The van der Waals surface area contributed by atoms with Gasteiger partial charge in [0.1, 0.15) is 0 Å². The molecule has 0 aliphatic carbocycles. The van der Waals surface area contributed by atoms with E-state index in [0.717, 1.165) is 18.4 Å². The molecule has 1 aromatic heterocycles. The van der Waals surface area contributed by atoms with Crippen LogP contribution in [0.5, 0.6) is 0 Å². The van der Waals surface area contributed by atoms with Gasteiger partial charge in [0, 0.05) is 29.3 Å². The summed E-state index contributed by atoms with van der Waals surface area (Å²) in [5.74, 6) is -0.542. The molecule has 1 N–H and O–H groups in total. The van der Waals surface area contributed by atoms with Gasteiger partial charge in [-0.05, 0) is 24.5 Å². The average Bonchev–Trinajstić information content (AvgIpc) is 2.81. The zero-order valence-corrected chi connectivity index (χ0v) is 19.3. The lowest BCUT2D eigenvalue weighted by molar-refractivity contribution is 0.0954. The largest absolute Gasteiger partial charge is 0.352 e. The van der Waals surface area contributed by atoms with E-state index in [1.807, 2.05) is 72.8 Å². The third kappa shape index (κ3) is 5.65. The van der Waals surface area contributed by atoms with Crippen molar-refractivity contribution >= 4 is 26.6 Å². The zero-order valence-electron chi connectivity index (χ0n) is 18.5. The molecule has 0 atom stereocenters. The number of sulfone groups is 1. The van der Waals surface area contributed by atoms with Crippen LogP contribution >= 0.6 is 0 Å². The first kappa shape index (κ1) is 22.7. The van der Waals surface area contributed by atoms with Gasteiger partial charge in [0.05, 0.1) is 22.5 Å². The number of nitrogens with one attached hydrogen (secondary N) is 1. The van der Waals surface area contributed by atoms with E-state index in [4.69, 9.17) is 4.98 Å². The molecule has 4 aromatic rings. The van der Waals surface area contributed by atoms with Crippen molar-refractivity contribution in [2.45, 2.75) is 18.6 Å². The van der Waals surface area contributed by atoms with Crippen molar-refractivity contribution in [2.75, 3.05) is 12.8 Å². The van der Waals surface area contributed by atoms with Crippen LogP contribution in [-0.2, 0) is 22.0 Å². The second kappa shape index (κ2) is 9.96. The second-order valence-electron chi connectivity index (χ2n) is 8.11. The quantitative estimate of drug-likeness (QED) is 0.385. The molecule has 0 saturated heterocycles. The number of para-hydroxylation sites is 1. The van der Waals surface area contributed by atoms with Gasteiger partial charge in [-0.15, -0.1) is 0 Å². The topological polar surface area (TPSA) is 76.1 Å². The Balaban J connectivity index is 1.73. The predicted molar refractivity (Wildman–Crippen MR) is 133 cm³/mol. The van der Waals surface area contributed by atoms with Crippen LogP contribution in [0.25, 0.3) is 22.2 Å². The normalized spacial score (nSPS) is 11.4. The Morgan fingerprint density at radius 3 is 2.21 bits per heavy atom. The van der Waals surface area contributed by atoms with E-state index >= 15 is 0 Å².